The Morgan fingerprint density at radius 1 is 1.06 bits per heavy atom. The van der Waals surface area contributed by atoms with E-state index in [4.69, 9.17) is 18.6 Å². The third-order valence-corrected chi connectivity index (χ3v) is 7.02. The van der Waals surface area contributed by atoms with Gasteiger partial charge >= 0.3 is 0 Å². The van der Waals surface area contributed by atoms with Crippen LogP contribution in [0.3, 0.4) is 0 Å². The van der Waals surface area contributed by atoms with Gasteiger partial charge in [-0.25, -0.2) is 0 Å². The number of phenolic OH excluding ortho intramolecular Hbond substituents is 1. The first kappa shape index (κ1) is 19.8. The van der Waals surface area contributed by atoms with Gasteiger partial charge in [0.05, 0.1) is 22.8 Å². The molecule has 0 radical (unpaired) electrons. The average Bonchev–Trinajstić information content (AvgIpc) is 3.62. The summed E-state index contributed by atoms with van der Waals surface area (Å²) in [5, 5.41) is 11.6. The van der Waals surface area contributed by atoms with Gasteiger partial charge in [-0.05, 0) is 40.2 Å². The maximum atomic E-state index is 13.6. The lowest BCUT2D eigenvalue weighted by molar-refractivity contribution is 0.0710. The van der Waals surface area contributed by atoms with E-state index in [9.17, 15) is 9.90 Å². The Kier molecular flexibility index (Phi) is 3.81. The van der Waals surface area contributed by atoms with E-state index in [1.807, 2.05) is 58.9 Å². The Labute approximate surface area is 185 Å². The second-order valence-electron chi connectivity index (χ2n) is 10.2. The minimum atomic E-state index is -0.547. The topological polar surface area (TPSA) is 84.7 Å². The Morgan fingerprint density at radius 2 is 1.75 bits per heavy atom. The highest BCUT2D eigenvalue weighted by molar-refractivity contribution is 5.93. The van der Waals surface area contributed by atoms with E-state index in [-0.39, 0.29) is 40.5 Å². The molecule has 6 nitrogen and oxygen atoms in total. The zero-order chi connectivity index (χ0) is 22.6. The Bertz CT molecular complexity index is 1330. The van der Waals surface area contributed by atoms with Gasteiger partial charge < -0.3 is 23.7 Å². The van der Waals surface area contributed by atoms with Gasteiger partial charge in [0.2, 0.25) is 5.43 Å². The van der Waals surface area contributed by atoms with Crippen molar-refractivity contribution in [1.29, 1.82) is 0 Å². The molecule has 1 N–H and O–H groups in total. The number of rotatable bonds is 3. The highest BCUT2D eigenvalue weighted by Crippen LogP contribution is 2.59. The number of hydrogen-bond donors (Lipinski definition) is 1. The molecule has 3 aliphatic heterocycles. The third-order valence-electron chi connectivity index (χ3n) is 7.02. The molecule has 0 saturated carbocycles. The zero-order valence-electron chi connectivity index (χ0n) is 18.8. The number of phenols is 1. The van der Waals surface area contributed by atoms with Crippen LogP contribution in [0.1, 0.15) is 50.5 Å². The van der Waals surface area contributed by atoms with Crippen LogP contribution in [0.25, 0.3) is 22.1 Å². The van der Waals surface area contributed by atoms with E-state index >= 15 is 0 Å². The molecule has 0 spiro atoms. The number of benzene rings is 2. The monoisotopic (exact) mass is 434 g/mol. The summed E-state index contributed by atoms with van der Waals surface area (Å²) in [6.07, 6.45) is 1.51. The van der Waals surface area contributed by atoms with E-state index < -0.39 is 5.60 Å². The van der Waals surface area contributed by atoms with Crippen molar-refractivity contribution >= 4 is 11.0 Å². The van der Waals surface area contributed by atoms with Crippen molar-refractivity contribution in [3.05, 3.63) is 57.4 Å². The maximum Gasteiger partial charge on any atom is 0.204 e. The second-order valence-corrected chi connectivity index (χ2v) is 10.2. The Balaban J connectivity index is 1.61. The predicted octanol–water partition coefficient (Wildman–Crippen LogP) is 4.80. The average molecular weight is 434 g/mol. The second kappa shape index (κ2) is 6.15. The van der Waals surface area contributed by atoms with Crippen LogP contribution in [0.15, 0.2) is 39.7 Å². The fraction of sp³-hybridized carbons (Fsp3) is 0.423. The number of aryl methyl sites for hydroxylation is 1. The van der Waals surface area contributed by atoms with Gasteiger partial charge in [-0.2, -0.15) is 0 Å². The number of hydrogen-bond acceptors (Lipinski definition) is 6. The molecule has 166 valence electrons. The largest absolute Gasteiger partial charge is 0.507 e. The Hall–Kier alpha value is -2.83. The highest BCUT2D eigenvalue weighted by Gasteiger charge is 2.59. The molecule has 2 fully saturated rings. The van der Waals surface area contributed by atoms with Crippen LogP contribution in [-0.2, 0) is 15.9 Å². The molecule has 2 aromatic carbocycles. The van der Waals surface area contributed by atoms with Gasteiger partial charge in [-0.1, -0.05) is 29.8 Å². The lowest BCUT2D eigenvalue weighted by atomic mass is 9.88. The van der Waals surface area contributed by atoms with Gasteiger partial charge in [0.15, 0.2) is 5.58 Å². The van der Waals surface area contributed by atoms with Crippen LogP contribution in [0.5, 0.6) is 11.5 Å². The summed E-state index contributed by atoms with van der Waals surface area (Å²) in [4.78, 5) is 13.6. The minimum Gasteiger partial charge on any atom is -0.507 e. The van der Waals surface area contributed by atoms with Gasteiger partial charge in [0, 0.05) is 12.0 Å². The molecule has 6 rings (SSSR count). The molecule has 3 aliphatic rings. The van der Waals surface area contributed by atoms with Gasteiger partial charge in [-0.3, -0.25) is 4.79 Å². The molecule has 0 aliphatic carbocycles. The summed E-state index contributed by atoms with van der Waals surface area (Å²) in [7, 11) is 0. The van der Waals surface area contributed by atoms with Crippen molar-refractivity contribution < 1.29 is 23.7 Å². The van der Waals surface area contributed by atoms with Crippen LogP contribution in [-0.4, -0.2) is 28.5 Å². The first-order chi connectivity index (χ1) is 15.1. The van der Waals surface area contributed by atoms with Crippen molar-refractivity contribution in [3.8, 4) is 22.6 Å². The SMILES string of the molecule is Cc1ccc(-c2coc3c4c(c(CC5OC5(C)C)c(O)c3c2=O)OC(C)(C)C2OC42)cc1. The highest BCUT2D eigenvalue weighted by atomic mass is 16.6. The van der Waals surface area contributed by atoms with Crippen LogP contribution < -0.4 is 10.2 Å². The lowest BCUT2D eigenvalue weighted by Gasteiger charge is -2.31. The molecular formula is C26H26O6. The molecule has 3 atom stereocenters. The van der Waals surface area contributed by atoms with Crippen molar-refractivity contribution in [1.82, 2.24) is 0 Å². The molecular weight excluding hydrogens is 408 g/mol. The number of ether oxygens (including phenoxy) is 3. The summed E-state index contributed by atoms with van der Waals surface area (Å²) in [6, 6.07) is 7.66. The summed E-state index contributed by atoms with van der Waals surface area (Å²) >= 11 is 0. The van der Waals surface area contributed by atoms with Crippen LogP contribution in [0.4, 0.5) is 0 Å². The lowest BCUT2D eigenvalue weighted by Crippen LogP contribution is -2.38. The van der Waals surface area contributed by atoms with Crippen molar-refractivity contribution in [2.75, 3.05) is 0 Å². The molecule has 4 heterocycles. The smallest absolute Gasteiger partial charge is 0.204 e. The first-order valence-electron chi connectivity index (χ1n) is 11.0. The maximum absolute atomic E-state index is 13.6. The van der Waals surface area contributed by atoms with E-state index in [1.165, 1.54) is 6.26 Å². The van der Waals surface area contributed by atoms with Gasteiger partial charge in [0.1, 0.15) is 41.0 Å². The molecule has 6 heteroatoms. The first-order valence-corrected chi connectivity index (χ1v) is 11.0. The molecule has 0 bridgehead atoms. The zero-order valence-corrected chi connectivity index (χ0v) is 18.8. The normalized spacial score (nSPS) is 26.2. The van der Waals surface area contributed by atoms with Crippen LogP contribution in [0, 0.1) is 6.92 Å². The molecule has 0 amide bonds. The molecule has 32 heavy (non-hydrogen) atoms. The summed E-state index contributed by atoms with van der Waals surface area (Å²) in [5.41, 5.74) is 2.79. The van der Waals surface area contributed by atoms with Crippen LogP contribution >= 0.6 is 0 Å². The molecule has 2 saturated heterocycles. The third kappa shape index (κ3) is 2.76. The molecule has 3 unspecified atom stereocenters. The van der Waals surface area contributed by atoms with Crippen molar-refractivity contribution in [3.63, 3.8) is 0 Å². The predicted molar refractivity (Wildman–Crippen MR) is 119 cm³/mol. The number of aromatic hydroxyl groups is 1. The fourth-order valence-corrected chi connectivity index (χ4v) is 4.89. The Morgan fingerprint density at radius 3 is 2.41 bits per heavy atom. The van der Waals surface area contributed by atoms with E-state index in [0.717, 1.165) is 11.1 Å². The summed E-state index contributed by atoms with van der Waals surface area (Å²) in [6.45, 7) is 9.96. The minimum absolute atomic E-state index is 0.0631. The number of fused-ring (bicyclic) bond motifs is 5. The van der Waals surface area contributed by atoms with Gasteiger partial charge in [0.25, 0.3) is 0 Å². The molecule has 3 aromatic rings. The quantitative estimate of drug-likeness (QED) is 0.596. The fourth-order valence-electron chi connectivity index (χ4n) is 4.89. The van der Waals surface area contributed by atoms with E-state index in [2.05, 4.69) is 0 Å². The van der Waals surface area contributed by atoms with Crippen molar-refractivity contribution in [2.24, 2.45) is 0 Å². The van der Waals surface area contributed by atoms with Gasteiger partial charge in [-0.15, -0.1) is 0 Å². The molecule has 1 aromatic heterocycles. The van der Waals surface area contributed by atoms with Crippen LogP contribution in [0.2, 0.25) is 0 Å². The standard InChI is InChI=1S/C26H26O6/c1-12-6-8-13(9-7-12)15-11-29-22-17(20(15)28)19(27)14(10-16-25(2,3)31-16)21-18(22)23-24(30-23)26(4,5)32-21/h6-9,11,16,23-24,27H,10H2,1-5H3. The summed E-state index contributed by atoms with van der Waals surface area (Å²) in [5.74, 6) is 0.457. The van der Waals surface area contributed by atoms with Crippen molar-refractivity contribution in [2.45, 2.75) is 70.6 Å². The summed E-state index contributed by atoms with van der Waals surface area (Å²) < 4.78 is 24.1. The number of epoxide rings is 2. The van der Waals surface area contributed by atoms with E-state index in [1.54, 1.807) is 0 Å². The van der Waals surface area contributed by atoms with E-state index in [0.29, 0.717) is 34.4 Å².